The summed E-state index contributed by atoms with van der Waals surface area (Å²) in [5.74, 6) is -2.70. The van der Waals surface area contributed by atoms with Gasteiger partial charge in [0.2, 0.25) is 11.8 Å². The van der Waals surface area contributed by atoms with Crippen LogP contribution in [0.15, 0.2) is 65.8 Å². The largest absolute Gasteiger partial charge is 0.497 e. The Labute approximate surface area is 177 Å². The number of carbonyl (C=O) groups excluding carboxylic acids is 3. The van der Waals surface area contributed by atoms with E-state index >= 15 is 0 Å². The van der Waals surface area contributed by atoms with Crippen LogP contribution in [0.1, 0.15) is 10.4 Å². The summed E-state index contributed by atoms with van der Waals surface area (Å²) in [6, 6.07) is 10.3. The number of hydrogen-bond acceptors (Lipinski definition) is 6. The van der Waals surface area contributed by atoms with Crippen LogP contribution in [0.2, 0.25) is 0 Å². The smallest absolute Gasteiger partial charge is 0.240 e. The molecular weight excluding hydrogens is 401 g/mol. The molecule has 0 N–H and O–H groups in total. The van der Waals surface area contributed by atoms with E-state index in [9.17, 15) is 18.8 Å². The molecule has 2 aromatic rings. The highest BCUT2D eigenvalue weighted by molar-refractivity contribution is 6.24. The van der Waals surface area contributed by atoms with Crippen molar-refractivity contribution in [2.75, 3.05) is 12.0 Å². The summed E-state index contributed by atoms with van der Waals surface area (Å²) in [7, 11) is 1.53. The summed E-state index contributed by atoms with van der Waals surface area (Å²) in [6.07, 6.45) is 5.03. The fourth-order valence-electron chi connectivity index (χ4n) is 4.61. The van der Waals surface area contributed by atoms with Crippen LogP contribution in [-0.2, 0) is 9.59 Å². The molecule has 3 aliphatic heterocycles. The predicted molar refractivity (Wildman–Crippen MR) is 110 cm³/mol. The maximum Gasteiger partial charge on any atom is 0.240 e. The van der Waals surface area contributed by atoms with Gasteiger partial charge >= 0.3 is 0 Å². The van der Waals surface area contributed by atoms with Gasteiger partial charge in [-0.05, 0) is 54.6 Å². The molecule has 2 amide bonds. The molecule has 0 radical (unpaired) electrons. The first-order valence-electron chi connectivity index (χ1n) is 9.82. The summed E-state index contributed by atoms with van der Waals surface area (Å²) in [5, 5.41) is 5.87. The van der Waals surface area contributed by atoms with Gasteiger partial charge in [0.25, 0.3) is 0 Å². The van der Waals surface area contributed by atoms with Crippen LogP contribution in [-0.4, -0.2) is 48.0 Å². The number of benzene rings is 2. The zero-order chi connectivity index (χ0) is 21.7. The molecule has 0 spiro atoms. The first kappa shape index (κ1) is 19.2. The fraction of sp³-hybridized carbons (Fsp3) is 0.217. The number of allylic oxidation sites excluding steroid dienone is 1. The second-order valence-electron chi connectivity index (χ2n) is 7.60. The summed E-state index contributed by atoms with van der Waals surface area (Å²) in [4.78, 5) is 41.2. The molecule has 0 saturated carbocycles. The van der Waals surface area contributed by atoms with Crippen molar-refractivity contribution >= 4 is 29.5 Å². The number of nitrogens with zero attached hydrogens (tertiary/aromatic N) is 3. The minimum atomic E-state index is -0.925. The second kappa shape index (κ2) is 7.16. The number of fused-ring (bicyclic) bond motifs is 3. The normalized spacial score (nSPS) is 26.3. The molecule has 4 atom stereocenters. The molecule has 2 saturated heterocycles. The Morgan fingerprint density at radius 1 is 1.00 bits per heavy atom. The molecule has 7 nitrogen and oxygen atoms in total. The maximum absolute atomic E-state index is 13.5. The molecule has 8 heteroatoms. The average molecular weight is 419 g/mol. The molecule has 1 unspecified atom stereocenters. The molecular formula is C23H18FN3O4. The monoisotopic (exact) mass is 419 g/mol. The number of amides is 2. The van der Waals surface area contributed by atoms with Gasteiger partial charge in [0.05, 0.1) is 30.7 Å². The van der Waals surface area contributed by atoms with Gasteiger partial charge in [-0.2, -0.15) is 5.10 Å². The zero-order valence-electron chi connectivity index (χ0n) is 16.5. The van der Waals surface area contributed by atoms with E-state index in [4.69, 9.17) is 4.74 Å². The minimum absolute atomic E-state index is 0.288. The minimum Gasteiger partial charge on any atom is -0.497 e. The molecule has 31 heavy (non-hydrogen) atoms. The number of ether oxygens (including phenoxy) is 1. The Bertz CT molecular complexity index is 1130. The molecule has 2 aromatic carbocycles. The van der Waals surface area contributed by atoms with Gasteiger partial charge in [-0.25, -0.2) is 9.29 Å². The topological polar surface area (TPSA) is 79.3 Å². The van der Waals surface area contributed by atoms with E-state index in [1.807, 2.05) is 0 Å². The third kappa shape index (κ3) is 2.86. The van der Waals surface area contributed by atoms with Gasteiger partial charge < -0.3 is 4.74 Å². The number of hydrazone groups is 1. The van der Waals surface area contributed by atoms with E-state index in [0.29, 0.717) is 11.3 Å². The van der Waals surface area contributed by atoms with Crippen molar-refractivity contribution in [1.82, 2.24) is 5.01 Å². The van der Waals surface area contributed by atoms with Crippen LogP contribution in [0.3, 0.4) is 0 Å². The van der Waals surface area contributed by atoms with Crippen molar-refractivity contribution in [2.45, 2.75) is 12.1 Å². The van der Waals surface area contributed by atoms with Crippen molar-refractivity contribution < 1.29 is 23.5 Å². The highest BCUT2D eigenvalue weighted by Gasteiger charge is 2.64. The van der Waals surface area contributed by atoms with Crippen LogP contribution in [0, 0.1) is 17.7 Å². The van der Waals surface area contributed by atoms with Crippen LogP contribution < -0.4 is 9.64 Å². The number of methoxy groups -OCH3 is 1. The van der Waals surface area contributed by atoms with Crippen molar-refractivity contribution in [2.24, 2.45) is 16.9 Å². The highest BCUT2D eigenvalue weighted by Crippen LogP contribution is 2.46. The van der Waals surface area contributed by atoms with E-state index in [-0.39, 0.29) is 11.5 Å². The molecule has 2 fully saturated rings. The second-order valence-corrected chi connectivity index (χ2v) is 7.60. The lowest BCUT2D eigenvalue weighted by Gasteiger charge is -2.30. The van der Waals surface area contributed by atoms with Crippen LogP contribution >= 0.6 is 0 Å². The van der Waals surface area contributed by atoms with Crippen LogP contribution in [0.5, 0.6) is 5.75 Å². The fourth-order valence-corrected chi connectivity index (χ4v) is 4.61. The number of halogens is 1. The summed E-state index contributed by atoms with van der Waals surface area (Å²) in [5.41, 5.74) is 0.687. The van der Waals surface area contributed by atoms with Crippen LogP contribution in [0.4, 0.5) is 10.1 Å². The third-order valence-electron chi connectivity index (χ3n) is 6.02. The number of carbonyl (C=O) groups is 3. The van der Waals surface area contributed by atoms with Crippen molar-refractivity contribution in [3.63, 3.8) is 0 Å². The van der Waals surface area contributed by atoms with E-state index in [2.05, 4.69) is 5.10 Å². The molecule has 3 heterocycles. The lowest BCUT2D eigenvalue weighted by Crippen LogP contribution is -2.46. The maximum atomic E-state index is 13.5. The number of imide groups is 1. The lowest BCUT2D eigenvalue weighted by atomic mass is 9.86. The third-order valence-corrected chi connectivity index (χ3v) is 6.02. The molecule has 0 bridgehead atoms. The quantitative estimate of drug-likeness (QED) is 0.562. The van der Waals surface area contributed by atoms with Crippen molar-refractivity contribution in [1.29, 1.82) is 0 Å². The SMILES string of the molecule is COc1ccc(C(=O)[C@H]2[C@H]3C(=O)N(c4ccc(F)cc4)C(=O)[C@H]3C3C=CC=NN32)cc1. The summed E-state index contributed by atoms with van der Waals surface area (Å²) in [6.45, 7) is 0. The van der Waals surface area contributed by atoms with Gasteiger partial charge in [0, 0.05) is 11.8 Å². The molecule has 156 valence electrons. The molecule has 0 aliphatic carbocycles. The number of rotatable bonds is 4. The van der Waals surface area contributed by atoms with Gasteiger partial charge in [0.15, 0.2) is 5.78 Å². The first-order valence-corrected chi connectivity index (χ1v) is 9.82. The van der Waals surface area contributed by atoms with E-state index in [1.54, 1.807) is 47.6 Å². The summed E-state index contributed by atoms with van der Waals surface area (Å²) >= 11 is 0. The van der Waals surface area contributed by atoms with Gasteiger partial charge in [-0.1, -0.05) is 6.08 Å². The number of Topliss-reactive ketones (excluding diaryl/α,β-unsaturated/α-hetero) is 1. The molecule has 3 aliphatic rings. The highest BCUT2D eigenvalue weighted by atomic mass is 19.1. The Balaban J connectivity index is 1.55. The summed E-state index contributed by atoms with van der Waals surface area (Å²) < 4.78 is 18.5. The average Bonchev–Trinajstić information content (AvgIpc) is 3.27. The van der Waals surface area contributed by atoms with E-state index < -0.39 is 41.6 Å². The van der Waals surface area contributed by atoms with E-state index in [1.165, 1.54) is 31.4 Å². The van der Waals surface area contributed by atoms with Gasteiger partial charge in [-0.3, -0.25) is 19.4 Å². The number of anilines is 1. The molecule has 5 rings (SSSR count). The molecule has 0 aromatic heterocycles. The Kier molecular flexibility index (Phi) is 4.43. The van der Waals surface area contributed by atoms with Gasteiger partial charge in [0.1, 0.15) is 17.6 Å². The number of ketones is 1. The lowest BCUT2D eigenvalue weighted by molar-refractivity contribution is -0.123. The van der Waals surface area contributed by atoms with E-state index in [0.717, 1.165) is 4.90 Å². The van der Waals surface area contributed by atoms with Crippen molar-refractivity contribution in [3.05, 3.63) is 72.1 Å². The Morgan fingerprint density at radius 2 is 1.68 bits per heavy atom. The first-order chi connectivity index (χ1) is 15.0. The van der Waals surface area contributed by atoms with Gasteiger partial charge in [-0.15, -0.1) is 0 Å². The Morgan fingerprint density at radius 3 is 2.35 bits per heavy atom. The van der Waals surface area contributed by atoms with Crippen molar-refractivity contribution in [3.8, 4) is 5.75 Å². The zero-order valence-corrected chi connectivity index (χ0v) is 16.5. The number of hydrogen-bond donors (Lipinski definition) is 0. The predicted octanol–water partition coefficient (Wildman–Crippen LogP) is 2.43. The van der Waals surface area contributed by atoms with Crippen LogP contribution in [0.25, 0.3) is 0 Å². The Hall–Kier alpha value is -3.81. The standard InChI is InChI=1S/C23H18FN3O4/c1-31-16-10-4-13(5-11-16)21(28)20-19-18(17-3-2-12-25-27(17)20)22(29)26(23(19)30)15-8-6-14(24)7-9-15/h2-12,17-20H,1H3/t17?,18-,19-,20+/m0/s1.